The lowest BCUT2D eigenvalue weighted by Gasteiger charge is -2.41. The van der Waals surface area contributed by atoms with Crippen LogP contribution in [-0.2, 0) is 6.54 Å². The first-order valence-corrected chi connectivity index (χ1v) is 9.55. The maximum Gasteiger partial charge on any atom is 0.123 e. The summed E-state index contributed by atoms with van der Waals surface area (Å²) in [4.78, 5) is 4.87. The maximum atomic E-state index is 13.2. The summed E-state index contributed by atoms with van der Waals surface area (Å²) in [6.45, 7) is 9.06. The Morgan fingerprint density at radius 2 is 2.07 bits per heavy atom. The van der Waals surface area contributed by atoms with Crippen LogP contribution >= 0.6 is 0 Å². The number of halogens is 1. The van der Waals surface area contributed by atoms with E-state index in [4.69, 9.17) is 0 Å². The number of hydrogen-bond acceptors (Lipinski definition) is 4. The van der Waals surface area contributed by atoms with Gasteiger partial charge in [0.15, 0.2) is 0 Å². The van der Waals surface area contributed by atoms with Crippen molar-refractivity contribution in [2.24, 2.45) is 0 Å². The maximum absolute atomic E-state index is 13.2. The molecule has 1 aliphatic rings. The standard InChI is InChI=1S/C21H29FN4O/c1-16(2)7-9-26-11-10-25(15-20(26)8-12-27)14-18-13-23-24-21(18)17-3-5-19(22)6-4-17/h3-7,13,20,27H,8-12,14-15H2,1-2H3,(H,23,24)/t20-/m1/s1. The fraction of sp³-hybridized carbons (Fsp3) is 0.476. The molecule has 6 heteroatoms. The third-order valence-electron chi connectivity index (χ3n) is 5.13. The van der Waals surface area contributed by atoms with Gasteiger partial charge >= 0.3 is 0 Å². The van der Waals surface area contributed by atoms with E-state index in [1.807, 2.05) is 6.20 Å². The van der Waals surface area contributed by atoms with Crippen molar-refractivity contribution in [1.82, 2.24) is 20.0 Å². The minimum Gasteiger partial charge on any atom is -0.396 e. The van der Waals surface area contributed by atoms with Gasteiger partial charge in [0.2, 0.25) is 0 Å². The number of allylic oxidation sites excluding steroid dienone is 1. The van der Waals surface area contributed by atoms with Gasteiger partial charge in [0.25, 0.3) is 0 Å². The van der Waals surface area contributed by atoms with E-state index in [9.17, 15) is 9.50 Å². The molecule has 2 N–H and O–H groups in total. The molecule has 1 atom stereocenters. The number of aromatic amines is 1. The zero-order chi connectivity index (χ0) is 19.2. The number of nitrogens with one attached hydrogen (secondary N) is 1. The predicted octanol–water partition coefficient (Wildman–Crippen LogP) is 3.05. The van der Waals surface area contributed by atoms with E-state index in [1.165, 1.54) is 17.7 Å². The van der Waals surface area contributed by atoms with Crippen LogP contribution in [0, 0.1) is 5.82 Å². The molecule has 2 aromatic rings. The molecule has 2 heterocycles. The van der Waals surface area contributed by atoms with Crippen LogP contribution in [0.15, 0.2) is 42.1 Å². The molecule has 0 saturated carbocycles. The summed E-state index contributed by atoms with van der Waals surface area (Å²) in [5, 5.41) is 16.7. The highest BCUT2D eigenvalue weighted by Crippen LogP contribution is 2.24. The number of aliphatic hydroxyl groups excluding tert-OH is 1. The predicted molar refractivity (Wildman–Crippen MR) is 106 cm³/mol. The van der Waals surface area contributed by atoms with E-state index in [-0.39, 0.29) is 12.4 Å². The highest BCUT2D eigenvalue weighted by molar-refractivity contribution is 5.62. The Morgan fingerprint density at radius 1 is 1.30 bits per heavy atom. The number of hydrogen-bond donors (Lipinski definition) is 2. The molecule has 1 aliphatic heterocycles. The Morgan fingerprint density at radius 3 is 2.78 bits per heavy atom. The largest absolute Gasteiger partial charge is 0.396 e. The van der Waals surface area contributed by atoms with E-state index < -0.39 is 0 Å². The van der Waals surface area contributed by atoms with Gasteiger partial charge in [-0.1, -0.05) is 11.6 Å². The lowest BCUT2D eigenvalue weighted by molar-refractivity contribution is 0.0637. The van der Waals surface area contributed by atoms with Crippen LogP contribution in [0.25, 0.3) is 11.3 Å². The van der Waals surface area contributed by atoms with Crippen molar-refractivity contribution >= 4 is 0 Å². The number of benzene rings is 1. The molecule has 0 amide bonds. The molecule has 0 unspecified atom stereocenters. The molecule has 0 spiro atoms. The molecule has 146 valence electrons. The van der Waals surface area contributed by atoms with Gasteiger partial charge in [-0.25, -0.2) is 4.39 Å². The Hall–Kier alpha value is -2.02. The van der Waals surface area contributed by atoms with Crippen molar-refractivity contribution in [3.05, 3.63) is 53.5 Å². The van der Waals surface area contributed by atoms with Crippen LogP contribution in [0.4, 0.5) is 4.39 Å². The molecule has 3 rings (SSSR count). The zero-order valence-corrected chi connectivity index (χ0v) is 16.2. The molecular formula is C21H29FN4O. The van der Waals surface area contributed by atoms with Gasteiger partial charge in [-0.15, -0.1) is 0 Å². The van der Waals surface area contributed by atoms with E-state index in [0.29, 0.717) is 6.04 Å². The molecule has 27 heavy (non-hydrogen) atoms. The average molecular weight is 372 g/mol. The molecule has 1 aromatic heterocycles. The zero-order valence-electron chi connectivity index (χ0n) is 16.2. The number of H-pyrrole nitrogens is 1. The highest BCUT2D eigenvalue weighted by Gasteiger charge is 2.26. The van der Waals surface area contributed by atoms with Gasteiger partial charge in [-0.05, 0) is 44.5 Å². The summed E-state index contributed by atoms with van der Waals surface area (Å²) in [6, 6.07) is 6.84. The quantitative estimate of drug-likeness (QED) is 0.734. The number of nitrogens with zero attached hydrogens (tertiary/aromatic N) is 3. The summed E-state index contributed by atoms with van der Waals surface area (Å²) < 4.78 is 13.2. The summed E-state index contributed by atoms with van der Waals surface area (Å²) >= 11 is 0. The second-order valence-electron chi connectivity index (χ2n) is 7.45. The van der Waals surface area contributed by atoms with Crippen molar-refractivity contribution in [1.29, 1.82) is 0 Å². The first-order chi connectivity index (χ1) is 13.1. The van der Waals surface area contributed by atoms with E-state index in [0.717, 1.165) is 56.0 Å². The van der Waals surface area contributed by atoms with Crippen LogP contribution in [0.3, 0.4) is 0 Å². The number of rotatable bonds is 7. The Labute approximate surface area is 160 Å². The second kappa shape index (κ2) is 9.26. The van der Waals surface area contributed by atoms with Crippen LogP contribution in [-0.4, -0.2) is 63.9 Å². The topological polar surface area (TPSA) is 55.4 Å². The Balaban J connectivity index is 1.67. The summed E-state index contributed by atoms with van der Waals surface area (Å²) in [7, 11) is 0. The normalized spacial score (nSPS) is 18.6. The van der Waals surface area contributed by atoms with Gasteiger partial charge in [0.1, 0.15) is 5.82 Å². The summed E-state index contributed by atoms with van der Waals surface area (Å²) in [5.41, 5.74) is 4.32. The van der Waals surface area contributed by atoms with Crippen LogP contribution < -0.4 is 0 Å². The molecule has 1 saturated heterocycles. The van der Waals surface area contributed by atoms with Crippen molar-refractivity contribution < 1.29 is 9.50 Å². The first-order valence-electron chi connectivity index (χ1n) is 9.55. The molecule has 0 bridgehead atoms. The van der Waals surface area contributed by atoms with Crippen molar-refractivity contribution in [3.63, 3.8) is 0 Å². The Bertz CT molecular complexity index is 752. The average Bonchev–Trinajstić information content (AvgIpc) is 3.10. The third kappa shape index (κ3) is 5.25. The van der Waals surface area contributed by atoms with E-state index in [2.05, 4.69) is 39.9 Å². The SMILES string of the molecule is CC(C)=CCN1CCN(Cc2cn[nH]c2-c2ccc(F)cc2)C[C@H]1CCO. The number of piperazine rings is 1. The lowest BCUT2D eigenvalue weighted by Crippen LogP contribution is -2.53. The summed E-state index contributed by atoms with van der Waals surface area (Å²) in [5.74, 6) is -0.237. The van der Waals surface area contributed by atoms with Gasteiger partial charge < -0.3 is 5.11 Å². The van der Waals surface area contributed by atoms with Gasteiger partial charge in [-0.2, -0.15) is 5.10 Å². The highest BCUT2D eigenvalue weighted by atomic mass is 19.1. The summed E-state index contributed by atoms with van der Waals surface area (Å²) in [6.07, 6.45) is 4.89. The van der Waals surface area contributed by atoms with Crippen LogP contribution in [0.1, 0.15) is 25.8 Å². The van der Waals surface area contributed by atoms with E-state index in [1.54, 1.807) is 12.1 Å². The molecule has 0 radical (unpaired) electrons. The molecule has 5 nitrogen and oxygen atoms in total. The lowest BCUT2D eigenvalue weighted by atomic mass is 10.1. The molecule has 1 aromatic carbocycles. The minimum absolute atomic E-state index is 0.205. The van der Waals surface area contributed by atoms with Crippen molar-refractivity contribution in [2.45, 2.75) is 32.9 Å². The molecular weight excluding hydrogens is 343 g/mol. The van der Waals surface area contributed by atoms with Crippen LogP contribution in [0.5, 0.6) is 0 Å². The van der Waals surface area contributed by atoms with Gasteiger partial charge in [0.05, 0.1) is 11.9 Å². The van der Waals surface area contributed by atoms with Crippen LogP contribution in [0.2, 0.25) is 0 Å². The smallest absolute Gasteiger partial charge is 0.123 e. The number of aliphatic hydroxyl groups is 1. The molecule has 0 aliphatic carbocycles. The van der Waals surface area contributed by atoms with E-state index >= 15 is 0 Å². The van der Waals surface area contributed by atoms with Gasteiger partial charge in [-0.3, -0.25) is 14.9 Å². The second-order valence-corrected chi connectivity index (χ2v) is 7.45. The van der Waals surface area contributed by atoms with Crippen molar-refractivity contribution in [3.8, 4) is 11.3 Å². The third-order valence-corrected chi connectivity index (χ3v) is 5.13. The fourth-order valence-electron chi connectivity index (χ4n) is 3.60. The fourth-order valence-corrected chi connectivity index (χ4v) is 3.60. The Kier molecular flexibility index (Phi) is 6.77. The van der Waals surface area contributed by atoms with Crippen molar-refractivity contribution in [2.75, 3.05) is 32.8 Å². The first kappa shape index (κ1) is 19.7. The minimum atomic E-state index is -0.237. The monoisotopic (exact) mass is 372 g/mol. The number of aromatic nitrogens is 2. The molecule has 1 fully saturated rings. The van der Waals surface area contributed by atoms with Gasteiger partial charge in [0, 0.05) is 56.5 Å².